The molecule has 5 heteroatoms. The van der Waals surface area contributed by atoms with E-state index in [9.17, 15) is 9.59 Å². The van der Waals surface area contributed by atoms with Crippen molar-refractivity contribution >= 4 is 18.0 Å². The first kappa shape index (κ1) is 15.5. The molecule has 0 radical (unpaired) electrons. The Labute approximate surface area is 117 Å². The molecule has 0 fully saturated rings. The van der Waals surface area contributed by atoms with E-state index < -0.39 is 5.97 Å². The summed E-state index contributed by atoms with van der Waals surface area (Å²) in [4.78, 5) is 22.6. The van der Waals surface area contributed by atoms with Crippen LogP contribution < -0.4 is 10.1 Å². The average Bonchev–Trinajstić information content (AvgIpc) is 2.49. The number of hydrogen-bond donors (Lipinski definition) is 1. The van der Waals surface area contributed by atoms with Gasteiger partial charge in [0.2, 0.25) is 0 Å². The maximum atomic E-state index is 11.4. The van der Waals surface area contributed by atoms with Gasteiger partial charge in [0.05, 0.1) is 7.11 Å². The third kappa shape index (κ3) is 5.86. The summed E-state index contributed by atoms with van der Waals surface area (Å²) in [5, 5.41) is 2.50. The lowest BCUT2D eigenvalue weighted by Gasteiger charge is -2.02. The molecule has 106 valence electrons. The molecular formula is C15H17NO4. The van der Waals surface area contributed by atoms with E-state index in [-0.39, 0.29) is 12.5 Å². The average molecular weight is 275 g/mol. The molecule has 5 nitrogen and oxygen atoms in total. The number of nitrogens with one attached hydrogen (secondary N) is 1. The lowest BCUT2D eigenvalue weighted by molar-refractivity contribution is -0.143. The number of esters is 1. The molecular weight excluding hydrogens is 258 g/mol. The van der Waals surface area contributed by atoms with Crippen molar-refractivity contribution in [2.24, 2.45) is 0 Å². The first-order valence-corrected chi connectivity index (χ1v) is 6.02. The van der Waals surface area contributed by atoms with Crippen LogP contribution in [0.5, 0.6) is 5.75 Å². The van der Waals surface area contributed by atoms with Crippen molar-refractivity contribution in [1.82, 2.24) is 5.32 Å². The van der Waals surface area contributed by atoms with Crippen LogP contribution in [0.1, 0.15) is 5.56 Å². The second-order valence-electron chi connectivity index (χ2n) is 3.81. The summed E-state index contributed by atoms with van der Waals surface area (Å²) < 4.78 is 9.80. The number of amides is 1. The standard InChI is InChI=1S/C15H17NO4/c1-3-10-16-14(17)11-20-15(18)9-6-12-4-7-13(19-2)8-5-12/h3-9H,1,10-11H2,2H3,(H,16,17)/b9-6+. The zero-order valence-electron chi connectivity index (χ0n) is 11.3. The molecule has 1 rings (SSSR count). The second-order valence-corrected chi connectivity index (χ2v) is 3.81. The minimum atomic E-state index is -0.574. The highest BCUT2D eigenvalue weighted by Crippen LogP contribution is 2.12. The van der Waals surface area contributed by atoms with Crippen molar-refractivity contribution in [3.8, 4) is 5.75 Å². The smallest absolute Gasteiger partial charge is 0.331 e. The largest absolute Gasteiger partial charge is 0.497 e. The Kier molecular flexibility index (Phi) is 6.61. The molecule has 20 heavy (non-hydrogen) atoms. The van der Waals surface area contributed by atoms with Crippen LogP contribution in [-0.4, -0.2) is 32.1 Å². The number of methoxy groups -OCH3 is 1. The van der Waals surface area contributed by atoms with Gasteiger partial charge in [-0.3, -0.25) is 4.79 Å². The SMILES string of the molecule is C=CCNC(=O)COC(=O)/C=C/c1ccc(OC)cc1. The van der Waals surface area contributed by atoms with Gasteiger partial charge >= 0.3 is 5.97 Å². The van der Waals surface area contributed by atoms with Gasteiger partial charge in [0.25, 0.3) is 5.91 Å². The van der Waals surface area contributed by atoms with Crippen molar-refractivity contribution in [2.75, 3.05) is 20.3 Å². The molecule has 0 saturated heterocycles. The molecule has 0 aromatic heterocycles. The van der Waals surface area contributed by atoms with Gasteiger partial charge in [-0.05, 0) is 23.8 Å². The minimum Gasteiger partial charge on any atom is -0.497 e. The topological polar surface area (TPSA) is 64.6 Å². The van der Waals surface area contributed by atoms with Gasteiger partial charge in [0.15, 0.2) is 6.61 Å². The van der Waals surface area contributed by atoms with Gasteiger partial charge in [-0.1, -0.05) is 18.2 Å². The Hall–Kier alpha value is -2.56. The Balaban J connectivity index is 2.38. The van der Waals surface area contributed by atoms with Gasteiger partial charge in [-0.25, -0.2) is 4.79 Å². The molecule has 0 aliphatic heterocycles. The van der Waals surface area contributed by atoms with Gasteiger partial charge in [0.1, 0.15) is 5.75 Å². The maximum Gasteiger partial charge on any atom is 0.331 e. The van der Waals surface area contributed by atoms with Crippen LogP contribution in [0.25, 0.3) is 6.08 Å². The van der Waals surface area contributed by atoms with Crippen LogP contribution in [-0.2, 0) is 14.3 Å². The van der Waals surface area contributed by atoms with Crippen molar-refractivity contribution < 1.29 is 19.1 Å². The summed E-state index contributed by atoms with van der Waals surface area (Å²) in [6, 6.07) is 7.18. The van der Waals surface area contributed by atoms with E-state index in [1.54, 1.807) is 43.5 Å². The summed E-state index contributed by atoms with van der Waals surface area (Å²) in [5.74, 6) is -0.200. The van der Waals surface area contributed by atoms with E-state index in [1.165, 1.54) is 6.08 Å². The summed E-state index contributed by atoms with van der Waals surface area (Å²) in [6.45, 7) is 3.50. The van der Waals surface area contributed by atoms with E-state index in [2.05, 4.69) is 11.9 Å². The fourth-order valence-corrected chi connectivity index (χ4v) is 1.30. The second kappa shape index (κ2) is 8.53. The predicted molar refractivity (Wildman–Crippen MR) is 76.2 cm³/mol. The number of ether oxygens (including phenoxy) is 2. The fraction of sp³-hybridized carbons (Fsp3) is 0.200. The van der Waals surface area contributed by atoms with Gasteiger partial charge in [-0.15, -0.1) is 6.58 Å². The Morgan fingerprint density at radius 3 is 2.60 bits per heavy atom. The van der Waals surface area contributed by atoms with Crippen LogP contribution in [0.3, 0.4) is 0 Å². The number of rotatable bonds is 7. The Bertz CT molecular complexity index is 491. The number of hydrogen-bond acceptors (Lipinski definition) is 4. The lowest BCUT2D eigenvalue weighted by Crippen LogP contribution is -2.28. The summed E-state index contributed by atoms with van der Waals surface area (Å²) in [5.41, 5.74) is 0.832. The summed E-state index contributed by atoms with van der Waals surface area (Å²) in [6.07, 6.45) is 4.41. The molecule has 1 aromatic carbocycles. The molecule has 0 atom stereocenters. The number of carbonyl (C=O) groups is 2. The van der Waals surface area contributed by atoms with Crippen molar-refractivity contribution in [2.45, 2.75) is 0 Å². The van der Waals surface area contributed by atoms with Gasteiger partial charge in [-0.2, -0.15) is 0 Å². The van der Waals surface area contributed by atoms with E-state index in [4.69, 9.17) is 9.47 Å². The summed E-state index contributed by atoms with van der Waals surface area (Å²) in [7, 11) is 1.58. The maximum absolute atomic E-state index is 11.4. The monoisotopic (exact) mass is 275 g/mol. The van der Waals surface area contributed by atoms with Crippen LogP contribution in [0, 0.1) is 0 Å². The third-order valence-electron chi connectivity index (χ3n) is 2.32. The first-order valence-electron chi connectivity index (χ1n) is 6.02. The predicted octanol–water partition coefficient (Wildman–Crippen LogP) is 1.55. The lowest BCUT2D eigenvalue weighted by atomic mass is 10.2. The van der Waals surface area contributed by atoms with Crippen molar-refractivity contribution in [1.29, 1.82) is 0 Å². The summed E-state index contributed by atoms with van der Waals surface area (Å²) >= 11 is 0. The normalized spacial score (nSPS) is 10.1. The van der Waals surface area contributed by atoms with E-state index in [1.807, 2.05) is 0 Å². The van der Waals surface area contributed by atoms with E-state index in [0.717, 1.165) is 11.3 Å². The molecule has 0 unspecified atom stereocenters. The van der Waals surface area contributed by atoms with Gasteiger partial charge in [0, 0.05) is 12.6 Å². The zero-order chi connectivity index (χ0) is 14.8. The molecule has 1 aromatic rings. The third-order valence-corrected chi connectivity index (χ3v) is 2.32. The molecule has 0 aliphatic carbocycles. The fourth-order valence-electron chi connectivity index (χ4n) is 1.30. The highest BCUT2D eigenvalue weighted by molar-refractivity contribution is 5.89. The Morgan fingerprint density at radius 1 is 1.30 bits per heavy atom. The van der Waals surface area contributed by atoms with E-state index in [0.29, 0.717) is 6.54 Å². The zero-order valence-corrected chi connectivity index (χ0v) is 11.3. The minimum absolute atomic E-state index is 0.306. The number of carbonyl (C=O) groups excluding carboxylic acids is 2. The molecule has 1 N–H and O–H groups in total. The first-order chi connectivity index (χ1) is 9.65. The van der Waals surface area contributed by atoms with E-state index >= 15 is 0 Å². The molecule has 1 amide bonds. The molecule has 0 bridgehead atoms. The van der Waals surface area contributed by atoms with Crippen LogP contribution in [0.15, 0.2) is 43.0 Å². The van der Waals surface area contributed by atoms with Crippen LogP contribution >= 0.6 is 0 Å². The van der Waals surface area contributed by atoms with Crippen molar-refractivity contribution in [3.05, 3.63) is 48.6 Å². The van der Waals surface area contributed by atoms with Crippen LogP contribution in [0.2, 0.25) is 0 Å². The highest BCUT2D eigenvalue weighted by atomic mass is 16.5. The van der Waals surface area contributed by atoms with Gasteiger partial charge < -0.3 is 14.8 Å². The molecule has 0 saturated carbocycles. The quantitative estimate of drug-likeness (QED) is 0.466. The van der Waals surface area contributed by atoms with Crippen LogP contribution in [0.4, 0.5) is 0 Å². The number of benzene rings is 1. The molecule has 0 spiro atoms. The molecule has 0 heterocycles. The van der Waals surface area contributed by atoms with Crippen molar-refractivity contribution in [3.63, 3.8) is 0 Å². The highest BCUT2D eigenvalue weighted by Gasteiger charge is 2.03. The molecule has 0 aliphatic rings. The Morgan fingerprint density at radius 2 is 2.00 bits per heavy atom.